The Morgan fingerprint density at radius 3 is 2.83 bits per heavy atom. The smallest absolute Gasteiger partial charge is 0.257 e. The fraction of sp³-hybridized carbons (Fsp3) is 0.692. The lowest BCUT2D eigenvalue weighted by molar-refractivity contribution is 0.0587. The molecule has 0 saturated heterocycles. The molecule has 100 valence electrons. The van der Waals surface area contributed by atoms with Crippen LogP contribution >= 0.6 is 0 Å². The quantitative estimate of drug-likeness (QED) is 0.845. The fourth-order valence-corrected chi connectivity index (χ4v) is 2.42. The summed E-state index contributed by atoms with van der Waals surface area (Å²) >= 11 is 0. The summed E-state index contributed by atoms with van der Waals surface area (Å²) in [5, 5.41) is 4.33. The number of nitrogens with two attached hydrogens (primary N) is 1. The molecule has 1 saturated carbocycles. The van der Waals surface area contributed by atoms with Crippen molar-refractivity contribution in [2.24, 2.45) is 12.8 Å². The Hall–Kier alpha value is -1.36. The first-order valence-electron chi connectivity index (χ1n) is 6.71. The maximum Gasteiger partial charge on any atom is 0.257 e. The van der Waals surface area contributed by atoms with Crippen LogP contribution in [-0.4, -0.2) is 39.7 Å². The second-order valence-electron chi connectivity index (χ2n) is 4.89. The number of aromatic nitrogens is 2. The summed E-state index contributed by atoms with van der Waals surface area (Å²) in [6.45, 7) is 3.18. The zero-order valence-corrected chi connectivity index (χ0v) is 11.2. The van der Waals surface area contributed by atoms with Crippen molar-refractivity contribution in [3.8, 4) is 0 Å². The van der Waals surface area contributed by atoms with Crippen molar-refractivity contribution in [2.75, 3.05) is 13.1 Å². The van der Waals surface area contributed by atoms with Gasteiger partial charge in [-0.3, -0.25) is 9.48 Å². The molecule has 1 aromatic rings. The van der Waals surface area contributed by atoms with E-state index in [-0.39, 0.29) is 5.91 Å². The topological polar surface area (TPSA) is 64.2 Å². The van der Waals surface area contributed by atoms with E-state index in [9.17, 15) is 4.79 Å². The Morgan fingerprint density at radius 1 is 1.61 bits per heavy atom. The van der Waals surface area contributed by atoms with E-state index in [1.807, 2.05) is 25.1 Å². The SMILES string of the molecule is CCc1nn(C)cc1C(=O)N(CCN)C1CCC1. The predicted octanol–water partition coefficient (Wildman–Crippen LogP) is 0.936. The first-order valence-corrected chi connectivity index (χ1v) is 6.71. The largest absolute Gasteiger partial charge is 0.334 e. The van der Waals surface area contributed by atoms with Crippen LogP contribution < -0.4 is 5.73 Å². The van der Waals surface area contributed by atoms with Gasteiger partial charge in [-0.25, -0.2) is 0 Å². The van der Waals surface area contributed by atoms with Crippen molar-refractivity contribution in [3.63, 3.8) is 0 Å². The molecular weight excluding hydrogens is 228 g/mol. The summed E-state index contributed by atoms with van der Waals surface area (Å²) in [5.74, 6) is 0.0927. The number of hydrogen-bond donors (Lipinski definition) is 1. The van der Waals surface area contributed by atoms with Crippen LogP contribution in [0.1, 0.15) is 42.2 Å². The first-order chi connectivity index (χ1) is 8.67. The molecule has 0 atom stereocenters. The van der Waals surface area contributed by atoms with Crippen LogP contribution in [0, 0.1) is 0 Å². The zero-order valence-electron chi connectivity index (χ0n) is 11.2. The molecule has 0 aliphatic heterocycles. The fourth-order valence-electron chi connectivity index (χ4n) is 2.42. The molecule has 2 N–H and O–H groups in total. The van der Waals surface area contributed by atoms with Gasteiger partial charge in [0.1, 0.15) is 0 Å². The highest BCUT2D eigenvalue weighted by atomic mass is 16.2. The van der Waals surface area contributed by atoms with E-state index < -0.39 is 0 Å². The summed E-state index contributed by atoms with van der Waals surface area (Å²) in [4.78, 5) is 14.5. The third-order valence-electron chi connectivity index (χ3n) is 3.62. The number of hydrogen-bond acceptors (Lipinski definition) is 3. The van der Waals surface area contributed by atoms with Gasteiger partial charge in [-0.05, 0) is 25.7 Å². The number of carbonyl (C=O) groups excluding carboxylic acids is 1. The third-order valence-corrected chi connectivity index (χ3v) is 3.62. The van der Waals surface area contributed by atoms with E-state index in [0.717, 1.165) is 30.5 Å². The van der Waals surface area contributed by atoms with Crippen LogP contribution in [-0.2, 0) is 13.5 Å². The zero-order chi connectivity index (χ0) is 13.1. The summed E-state index contributed by atoms with van der Waals surface area (Å²) < 4.78 is 1.72. The van der Waals surface area contributed by atoms with Crippen molar-refractivity contribution >= 4 is 5.91 Å². The second kappa shape index (κ2) is 5.52. The summed E-state index contributed by atoms with van der Waals surface area (Å²) in [7, 11) is 1.85. The van der Waals surface area contributed by atoms with Crippen molar-refractivity contribution in [1.29, 1.82) is 0 Å². The highest BCUT2D eigenvalue weighted by Gasteiger charge is 2.30. The standard InChI is InChI=1S/C13H22N4O/c1-3-12-11(9-16(2)15-12)13(18)17(8-7-14)10-5-4-6-10/h9-10H,3-8,14H2,1-2H3. The van der Waals surface area contributed by atoms with Crippen LogP contribution in [0.5, 0.6) is 0 Å². The van der Waals surface area contributed by atoms with Gasteiger partial charge in [0.25, 0.3) is 5.91 Å². The molecule has 1 fully saturated rings. The van der Waals surface area contributed by atoms with Crippen LogP contribution in [0.2, 0.25) is 0 Å². The van der Waals surface area contributed by atoms with Crippen LogP contribution in [0.4, 0.5) is 0 Å². The Bertz CT molecular complexity index is 423. The Kier molecular flexibility index (Phi) is 4.01. The van der Waals surface area contributed by atoms with E-state index >= 15 is 0 Å². The highest BCUT2D eigenvalue weighted by molar-refractivity contribution is 5.95. The summed E-state index contributed by atoms with van der Waals surface area (Å²) in [5.41, 5.74) is 7.24. The van der Waals surface area contributed by atoms with Gasteiger partial charge in [0.2, 0.25) is 0 Å². The molecule has 2 rings (SSSR count). The van der Waals surface area contributed by atoms with Crippen molar-refractivity contribution in [2.45, 2.75) is 38.6 Å². The maximum atomic E-state index is 12.6. The Labute approximate surface area is 108 Å². The van der Waals surface area contributed by atoms with Crippen LogP contribution in [0.25, 0.3) is 0 Å². The summed E-state index contributed by atoms with van der Waals surface area (Å²) in [6.07, 6.45) is 6.03. The molecule has 0 aromatic carbocycles. The predicted molar refractivity (Wildman–Crippen MR) is 70.3 cm³/mol. The van der Waals surface area contributed by atoms with Gasteiger partial charge in [0, 0.05) is 32.4 Å². The van der Waals surface area contributed by atoms with Gasteiger partial charge >= 0.3 is 0 Å². The van der Waals surface area contributed by atoms with E-state index in [1.165, 1.54) is 6.42 Å². The average Bonchev–Trinajstić information content (AvgIpc) is 2.66. The van der Waals surface area contributed by atoms with Gasteiger partial charge in [-0.1, -0.05) is 6.92 Å². The van der Waals surface area contributed by atoms with Crippen LogP contribution in [0.3, 0.4) is 0 Å². The number of carbonyl (C=O) groups is 1. The first kappa shape index (κ1) is 13.1. The van der Waals surface area contributed by atoms with Gasteiger partial charge in [0.15, 0.2) is 0 Å². The van der Waals surface area contributed by atoms with Gasteiger partial charge in [0.05, 0.1) is 11.3 Å². The van der Waals surface area contributed by atoms with Crippen molar-refractivity contribution in [3.05, 3.63) is 17.5 Å². The number of rotatable bonds is 5. The number of aryl methyl sites for hydroxylation is 2. The number of nitrogens with zero attached hydrogens (tertiary/aromatic N) is 3. The molecule has 1 amide bonds. The molecule has 0 unspecified atom stereocenters. The van der Waals surface area contributed by atoms with Gasteiger partial charge < -0.3 is 10.6 Å². The minimum Gasteiger partial charge on any atom is -0.334 e. The molecule has 1 heterocycles. The number of amides is 1. The van der Waals surface area contributed by atoms with Crippen molar-refractivity contribution in [1.82, 2.24) is 14.7 Å². The molecule has 0 radical (unpaired) electrons. The third kappa shape index (κ3) is 2.41. The molecule has 1 aliphatic rings. The van der Waals surface area contributed by atoms with Gasteiger partial charge in [-0.15, -0.1) is 0 Å². The van der Waals surface area contributed by atoms with Gasteiger partial charge in [-0.2, -0.15) is 5.10 Å². The van der Waals surface area contributed by atoms with Crippen LogP contribution in [0.15, 0.2) is 6.20 Å². The Balaban J connectivity index is 2.20. The lowest BCUT2D eigenvalue weighted by atomic mass is 9.91. The Morgan fingerprint density at radius 2 is 2.33 bits per heavy atom. The molecule has 0 bridgehead atoms. The van der Waals surface area contributed by atoms with E-state index in [0.29, 0.717) is 19.1 Å². The molecule has 1 aromatic heterocycles. The maximum absolute atomic E-state index is 12.6. The average molecular weight is 250 g/mol. The molecule has 5 heteroatoms. The molecular formula is C13H22N4O. The second-order valence-corrected chi connectivity index (χ2v) is 4.89. The molecule has 18 heavy (non-hydrogen) atoms. The van der Waals surface area contributed by atoms with E-state index in [4.69, 9.17) is 5.73 Å². The highest BCUT2D eigenvalue weighted by Crippen LogP contribution is 2.26. The lowest BCUT2D eigenvalue weighted by Gasteiger charge is -2.37. The minimum absolute atomic E-state index is 0.0927. The van der Waals surface area contributed by atoms with Crippen molar-refractivity contribution < 1.29 is 4.79 Å². The van der Waals surface area contributed by atoms with E-state index in [2.05, 4.69) is 5.10 Å². The lowest BCUT2D eigenvalue weighted by Crippen LogP contribution is -2.46. The normalized spacial score (nSPS) is 15.5. The summed E-state index contributed by atoms with van der Waals surface area (Å²) in [6, 6.07) is 0.381. The molecule has 5 nitrogen and oxygen atoms in total. The van der Waals surface area contributed by atoms with E-state index in [1.54, 1.807) is 4.68 Å². The molecule has 1 aliphatic carbocycles. The monoisotopic (exact) mass is 250 g/mol. The molecule has 0 spiro atoms. The minimum atomic E-state index is 0.0927.